The van der Waals surface area contributed by atoms with Gasteiger partial charge in [-0.2, -0.15) is 0 Å². The monoisotopic (exact) mass is 403 g/mol. The number of hydrogen-bond acceptors (Lipinski definition) is 5. The lowest BCUT2D eigenvalue weighted by molar-refractivity contribution is -0.155. The maximum atomic E-state index is 13.2. The molecule has 3 atom stereocenters. The summed E-state index contributed by atoms with van der Waals surface area (Å²) in [5.41, 5.74) is 6.82. The second-order valence-electron chi connectivity index (χ2n) is 8.28. The summed E-state index contributed by atoms with van der Waals surface area (Å²) in [4.78, 5) is 39.7. The Kier molecular flexibility index (Phi) is 8.20. The molecule has 2 rings (SSSR count). The maximum Gasteiger partial charge on any atom is 0.329 e. The fraction of sp³-hybridized carbons (Fsp3) is 0.591. The second-order valence-corrected chi connectivity index (χ2v) is 8.28. The van der Waals surface area contributed by atoms with Gasteiger partial charge in [-0.15, -0.1) is 0 Å². The lowest BCUT2D eigenvalue weighted by atomic mass is 9.99. The van der Waals surface area contributed by atoms with Crippen LogP contribution in [0.4, 0.5) is 0 Å². The molecular formula is C22H33N3O4. The Morgan fingerprint density at radius 3 is 2.38 bits per heavy atom. The fourth-order valence-electron chi connectivity index (χ4n) is 3.34. The normalized spacial score (nSPS) is 18.6. The van der Waals surface area contributed by atoms with Crippen molar-refractivity contribution in [1.82, 2.24) is 10.2 Å². The zero-order chi connectivity index (χ0) is 21.6. The van der Waals surface area contributed by atoms with Gasteiger partial charge in [0.25, 0.3) is 0 Å². The molecule has 7 nitrogen and oxygen atoms in total. The molecule has 1 heterocycles. The first-order valence-electron chi connectivity index (χ1n) is 10.3. The average molecular weight is 404 g/mol. The van der Waals surface area contributed by atoms with Crippen molar-refractivity contribution in [1.29, 1.82) is 0 Å². The second kappa shape index (κ2) is 10.4. The Morgan fingerprint density at radius 2 is 1.79 bits per heavy atom. The van der Waals surface area contributed by atoms with E-state index in [2.05, 4.69) is 5.32 Å². The maximum absolute atomic E-state index is 13.2. The number of rotatable bonds is 8. The van der Waals surface area contributed by atoms with E-state index >= 15 is 0 Å². The zero-order valence-corrected chi connectivity index (χ0v) is 17.8. The van der Waals surface area contributed by atoms with Gasteiger partial charge in [-0.3, -0.25) is 9.59 Å². The Morgan fingerprint density at radius 1 is 1.14 bits per heavy atom. The molecule has 1 saturated heterocycles. The Hall–Kier alpha value is -2.41. The van der Waals surface area contributed by atoms with E-state index < -0.39 is 24.1 Å². The zero-order valence-electron chi connectivity index (χ0n) is 17.8. The number of nitrogens with two attached hydrogens (primary N) is 1. The molecule has 2 amide bonds. The minimum absolute atomic E-state index is 0.0367. The number of benzene rings is 1. The molecule has 0 saturated carbocycles. The van der Waals surface area contributed by atoms with Crippen molar-refractivity contribution >= 4 is 17.8 Å². The predicted octanol–water partition coefficient (Wildman–Crippen LogP) is 1.84. The van der Waals surface area contributed by atoms with Gasteiger partial charge < -0.3 is 20.7 Å². The van der Waals surface area contributed by atoms with E-state index in [0.29, 0.717) is 13.0 Å². The van der Waals surface area contributed by atoms with Gasteiger partial charge in [-0.1, -0.05) is 58.0 Å². The van der Waals surface area contributed by atoms with E-state index in [1.165, 1.54) is 0 Å². The summed E-state index contributed by atoms with van der Waals surface area (Å²) in [6.07, 6.45) is 1.28. The molecule has 1 aliphatic heterocycles. The molecular weight excluding hydrogens is 370 g/mol. The number of esters is 1. The third-order valence-electron chi connectivity index (χ3n) is 5.28. The number of ether oxygens (including phenoxy) is 1. The Labute approximate surface area is 173 Å². The van der Waals surface area contributed by atoms with Crippen molar-refractivity contribution in [2.75, 3.05) is 6.54 Å². The van der Waals surface area contributed by atoms with Gasteiger partial charge in [-0.05, 0) is 30.2 Å². The van der Waals surface area contributed by atoms with E-state index in [1.54, 1.807) is 4.90 Å². The van der Waals surface area contributed by atoms with Crippen LogP contribution in [0.25, 0.3) is 0 Å². The van der Waals surface area contributed by atoms with Crippen LogP contribution in [-0.2, 0) is 25.7 Å². The van der Waals surface area contributed by atoms with Gasteiger partial charge in [-0.25, -0.2) is 4.79 Å². The molecule has 0 aromatic heterocycles. The highest BCUT2D eigenvalue weighted by atomic mass is 16.5. The Bertz CT molecular complexity index is 705. The highest BCUT2D eigenvalue weighted by Crippen LogP contribution is 2.22. The summed E-state index contributed by atoms with van der Waals surface area (Å²) >= 11 is 0. The molecule has 29 heavy (non-hydrogen) atoms. The van der Waals surface area contributed by atoms with Gasteiger partial charge in [0, 0.05) is 6.54 Å². The molecule has 3 N–H and O–H groups in total. The first-order chi connectivity index (χ1) is 13.7. The number of carbonyl (C=O) groups excluding carboxylic acids is 3. The van der Waals surface area contributed by atoms with Crippen LogP contribution in [0.5, 0.6) is 0 Å². The summed E-state index contributed by atoms with van der Waals surface area (Å²) in [5, 5.41) is 2.78. The van der Waals surface area contributed by atoms with Crippen LogP contribution in [0.15, 0.2) is 30.3 Å². The van der Waals surface area contributed by atoms with Gasteiger partial charge in [0.05, 0.1) is 6.04 Å². The first-order valence-corrected chi connectivity index (χ1v) is 10.3. The molecule has 0 bridgehead atoms. The largest absolute Gasteiger partial charge is 0.459 e. The topological polar surface area (TPSA) is 102 Å². The van der Waals surface area contributed by atoms with Gasteiger partial charge >= 0.3 is 5.97 Å². The quantitative estimate of drug-likeness (QED) is 0.645. The summed E-state index contributed by atoms with van der Waals surface area (Å²) in [7, 11) is 0. The number of nitrogens with one attached hydrogen (secondary N) is 1. The van der Waals surface area contributed by atoms with Crippen LogP contribution < -0.4 is 11.1 Å². The van der Waals surface area contributed by atoms with Crippen molar-refractivity contribution in [3.8, 4) is 0 Å². The molecule has 0 aliphatic carbocycles. The minimum Gasteiger partial charge on any atom is -0.459 e. The lowest BCUT2D eigenvalue weighted by Crippen LogP contribution is -2.57. The summed E-state index contributed by atoms with van der Waals surface area (Å²) in [5.74, 6) is -1.19. The van der Waals surface area contributed by atoms with Crippen molar-refractivity contribution < 1.29 is 19.1 Å². The van der Waals surface area contributed by atoms with Crippen molar-refractivity contribution in [2.45, 2.75) is 65.3 Å². The first kappa shape index (κ1) is 22.9. The van der Waals surface area contributed by atoms with Gasteiger partial charge in [0.15, 0.2) is 0 Å². The van der Waals surface area contributed by atoms with Crippen LogP contribution in [0.2, 0.25) is 0 Å². The third-order valence-corrected chi connectivity index (χ3v) is 5.28. The highest BCUT2D eigenvalue weighted by Gasteiger charge is 2.39. The van der Waals surface area contributed by atoms with Crippen molar-refractivity contribution in [3.63, 3.8) is 0 Å². The van der Waals surface area contributed by atoms with Gasteiger partial charge in [0.1, 0.15) is 18.7 Å². The predicted molar refractivity (Wildman–Crippen MR) is 111 cm³/mol. The van der Waals surface area contributed by atoms with Crippen molar-refractivity contribution in [2.24, 2.45) is 17.6 Å². The van der Waals surface area contributed by atoms with Crippen LogP contribution in [-0.4, -0.2) is 47.4 Å². The lowest BCUT2D eigenvalue weighted by Gasteiger charge is -2.31. The van der Waals surface area contributed by atoms with E-state index in [9.17, 15) is 14.4 Å². The molecule has 0 unspecified atom stereocenters. The molecule has 1 aromatic rings. The molecule has 7 heteroatoms. The van der Waals surface area contributed by atoms with E-state index in [-0.39, 0.29) is 30.3 Å². The number of hydrogen-bond donors (Lipinski definition) is 2. The smallest absolute Gasteiger partial charge is 0.329 e. The molecule has 1 aliphatic rings. The number of carbonyl (C=O) groups is 3. The minimum atomic E-state index is -0.727. The summed E-state index contributed by atoms with van der Waals surface area (Å²) in [6.45, 7) is 8.08. The standard InChI is InChI=1S/C22H33N3O4/c1-14(2)18(23)20(26)24-19(15(3)4)21(27)25-12-8-11-17(25)22(28)29-13-16-9-6-5-7-10-16/h5-7,9-10,14-15,17-19H,8,11-13,23H2,1-4H3,(H,24,26)/t17-,18-,19-/m0/s1. The highest BCUT2D eigenvalue weighted by molar-refractivity contribution is 5.92. The molecule has 0 radical (unpaired) electrons. The fourth-order valence-corrected chi connectivity index (χ4v) is 3.34. The number of nitrogens with zero attached hydrogens (tertiary/aromatic N) is 1. The van der Waals surface area contributed by atoms with Crippen LogP contribution in [0.1, 0.15) is 46.1 Å². The van der Waals surface area contributed by atoms with Crippen LogP contribution >= 0.6 is 0 Å². The van der Waals surface area contributed by atoms with Gasteiger partial charge in [0.2, 0.25) is 11.8 Å². The van der Waals surface area contributed by atoms with E-state index in [0.717, 1.165) is 12.0 Å². The Balaban J connectivity index is 2.03. The number of amides is 2. The van der Waals surface area contributed by atoms with E-state index in [1.807, 2.05) is 58.0 Å². The SMILES string of the molecule is CC(C)[C@H](N)C(=O)N[C@H](C(=O)N1CCC[C@H]1C(=O)OCc1ccccc1)C(C)C. The van der Waals surface area contributed by atoms with Crippen LogP contribution in [0.3, 0.4) is 0 Å². The molecule has 0 spiro atoms. The average Bonchev–Trinajstić information content (AvgIpc) is 3.19. The van der Waals surface area contributed by atoms with E-state index in [4.69, 9.17) is 10.5 Å². The summed E-state index contributed by atoms with van der Waals surface area (Å²) in [6, 6.07) is 7.39. The molecule has 1 fully saturated rings. The van der Waals surface area contributed by atoms with Crippen LogP contribution in [0, 0.1) is 11.8 Å². The molecule has 1 aromatic carbocycles. The van der Waals surface area contributed by atoms with Crippen molar-refractivity contribution in [3.05, 3.63) is 35.9 Å². The third kappa shape index (κ3) is 6.03. The summed E-state index contributed by atoms with van der Waals surface area (Å²) < 4.78 is 5.44. The number of likely N-dealkylation sites (tertiary alicyclic amines) is 1. The molecule has 160 valence electrons.